The number of hydrogen-bond donors (Lipinski definition) is 0. The van der Waals surface area contributed by atoms with Gasteiger partial charge in [0.1, 0.15) is 6.33 Å². The third-order valence-electron chi connectivity index (χ3n) is 3.36. The van der Waals surface area contributed by atoms with E-state index in [1.54, 1.807) is 6.92 Å². The second kappa shape index (κ2) is 11.1. The van der Waals surface area contributed by atoms with E-state index < -0.39 is 29.5 Å². The zero-order valence-corrected chi connectivity index (χ0v) is 19.3. The van der Waals surface area contributed by atoms with Gasteiger partial charge in [-0.05, 0) is 20.3 Å². The van der Waals surface area contributed by atoms with E-state index in [-0.39, 0.29) is 12.7 Å². The van der Waals surface area contributed by atoms with Gasteiger partial charge in [0.15, 0.2) is 0 Å². The molecule has 1 rings (SSSR count). The van der Waals surface area contributed by atoms with Crippen molar-refractivity contribution in [1.82, 2.24) is 9.32 Å². The van der Waals surface area contributed by atoms with Gasteiger partial charge in [-0.3, -0.25) is 18.1 Å². The van der Waals surface area contributed by atoms with Gasteiger partial charge < -0.3 is 4.74 Å². The van der Waals surface area contributed by atoms with Crippen LogP contribution < -0.4 is 0 Å². The van der Waals surface area contributed by atoms with E-state index in [4.69, 9.17) is 26.9 Å². The van der Waals surface area contributed by atoms with Gasteiger partial charge in [0.25, 0.3) is 0 Å². The third kappa shape index (κ3) is 7.46. The Balaban J connectivity index is 2.89. The quantitative estimate of drug-likeness (QED) is 0.366. The van der Waals surface area contributed by atoms with Crippen LogP contribution in [0.25, 0.3) is 0 Å². The Hall–Kier alpha value is -0.380. The van der Waals surface area contributed by atoms with Crippen LogP contribution in [-0.2, 0) is 45.1 Å². The monoisotopic (exact) mass is 464 g/mol. The van der Waals surface area contributed by atoms with Gasteiger partial charge in [-0.15, -0.1) is 0 Å². The van der Waals surface area contributed by atoms with Crippen LogP contribution in [0.1, 0.15) is 27.2 Å². The second-order valence-corrected chi connectivity index (χ2v) is 11.3. The van der Waals surface area contributed by atoms with Gasteiger partial charge in [-0.25, -0.2) is 23.0 Å². The van der Waals surface area contributed by atoms with Crippen molar-refractivity contribution in [3.8, 4) is 0 Å². The lowest BCUT2D eigenvalue weighted by molar-refractivity contribution is -0.0225. The molecule has 1 heterocycles. The van der Waals surface area contributed by atoms with Crippen molar-refractivity contribution in [2.75, 3.05) is 27.9 Å². The third-order valence-corrected chi connectivity index (χ3v) is 9.21. The van der Waals surface area contributed by atoms with Crippen molar-refractivity contribution in [3.63, 3.8) is 0 Å². The lowest BCUT2D eigenvalue weighted by Gasteiger charge is -2.25. The van der Waals surface area contributed by atoms with Gasteiger partial charge in [0.2, 0.25) is 0 Å². The van der Waals surface area contributed by atoms with E-state index >= 15 is 0 Å². The summed E-state index contributed by atoms with van der Waals surface area (Å²) in [5.41, 5.74) is 0. The number of hydrogen-bond acceptors (Lipinski definition) is 11. The number of ether oxygens (including phenoxy) is 1. The fourth-order valence-electron chi connectivity index (χ4n) is 1.74. The minimum Gasteiger partial charge on any atom is -0.373 e. The van der Waals surface area contributed by atoms with E-state index in [9.17, 15) is 13.7 Å². The molecule has 5 atom stereocenters. The average Bonchev–Trinajstić information content (AvgIpc) is 3.21. The molecule has 1 aromatic heterocycles. The van der Waals surface area contributed by atoms with Crippen LogP contribution in [0.2, 0.25) is 0 Å². The summed E-state index contributed by atoms with van der Waals surface area (Å²) in [6.45, 7) is 5.32. The SMILES string of the molecule is CC[C@H](C)O[C@@H](C)COP(=O)(OC)OP(=O)(OC)OP(=O)(OC)n1ccnc1. The maximum Gasteiger partial charge on any atom is 0.492 e. The molecule has 0 aromatic carbocycles. The molecule has 0 amide bonds. The summed E-state index contributed by atoms with van der Waals surface area (Å²) in [5, 5.41) is 0. The normalized spacial score (nSPS) is 20.6. The van der Waals surface area contributed by atoms with Gasteiger partial charge in [0, 0.05) is 33.7 Å². The molecule has 0 aliphatic rings. The highest BCUT2D eigenvalue weighted by molar-refractivity contribution is 7.68. The highest BCUT2D eigenvalue weighted by Gasteiger charge is 2.46. The van der Waals surface area contributed by atoms with Crippen molar-refractivity contribution in [2.45, 2.75) is 39.4 Å². The molecule has 12 nitrogen and oxygen atoms in total. The van der Waals surface area contributed by atoms with Gasteiger partial charge in [0.05, 0.1) is 18.8 Å². The van der Waals surface area contributed by atoms with Crippen molar-refractivity contribution in [2.24, 2.45) is 0 Å². The molecule has 0 saturated heterocycles. The van der Waals surface area contributed by atoms with Crippen LogP contribution in [0.3, 0.4) is 0 Å². The first-order valence-electron chi connectivity index (χ1n) is 8.24. The van der Waals surface area contributed by atoms with Crippen LogP contribution in [0, 0.1) is 0 Å². The Bertz CT molecular complexity index is 728. The smallest absolute Gasteiger partial charge is 0.373 e. The van der Waals surface area contributed by atoms with Crippen LogP contribution in [0.15, 0.2) is 18.7 Å². The van der Waals surface area contributed by atoms with Gasteiger partial charge >= 0.3 is 23.4 Å². The molecule has 0 aliphatic heterocycles. The molecule has 0 N–H and O–H groups in total. The molecule has 0 spiro atoms. The highest BCUT2D eigenvalue weighted by atomic mass is 31.3. The molecule has 0 fully saturated rings. The van der Waals surface area contributed by atoms with E-state index in [2.05, 4.69) is 9.51 Å². The summed E-state index contributed by atoms with van der Waals surface area (Å²) in [5.74, 6) is 0. The number of phosphoric acid groups is 2. The Morgan fingerprint density at radius 3 is 2.07 bits per heavy atom. The van der Waals surface area contributed by atoms with E-state index in [1.807, 2.05) is 13.8 Å². The summed E-state index contributed by atoms with van der Waals surface area (Å²) in [6.07, 6.45) is 3.94. The molecule has 1 aromatic rings. The molecular weight excluding hydrogens is 437 g/mol. The lowest BCUT2D eigenvalue weighted by Crippen LogP contribution is -2.21. The highest BCUT2D eigenvalue weighted by Crippen LogP contribution is 2.72. The molecular formula is C13H27N2O10P3. The molecule has 28 heavy (non-hydrogen) atoms. The minimum atomic E-state index is -4.70. The van der Waals surface area contributed by atoms with Crippen molar-refractivity contribution < 1.29 is 45.1 Å². The Kier molecular flexibility index (Phi) is 10.2. The zero-order valence-electron chi connectivity index (χ0n) is 16.6. The standard InChI is InChI=1S/C13H27N2O10P3/c1-7-12(2)23-13(3)10-22-27(17,20-5)25-28(18,21-6)24-26(16,19-4)15-9-8-14-11-15/h8-9,11-13H,7,10H2,1-6H3/t12-,13-,26?,27?,28?/m0/s1. The van der Waals surface area contributed by atoms with Crippen molar-refractivity contribution in [1.29, 1.82) is 0 Å². The maximum absolute atomic E-state index is 12.8. The summed E-state index contributed by atoms with van der Waals surface area (Å²) in [4.78, 5) is 3.70. The van der Waals surface area contributed by atoms with Crippen molar-refractivity contribution >= 4 is 23.4 Å². The van der Waals surface area contributed by atoms with Crippen LogP contribution in [-0.4, -0.2) is 49.5 Å². The average molecular weight is 464 g/mol. The van der Waals surface area contributed by atoms with E-state index in [0.29, 0.717) is 0 Å². The predicted molar refractivity (Wildman–Crippen MR) is 99.9 cm³/mol. The van der Waals surface area contributed by atoms with Gasteiger partial charge in [-0.1, -0.05) is 6.92 Å². The molecule has 0 aliphatic carbocycles. The predicted octanol–water partition coefficient (Wildman–Crippen LogP) is 4.25. The minimum absolute atomic E-state index is 0.0439. The van der Waals surface area contributed by atoms with Crippen molar-refractivity contribution in [3.05, 3.63) is 18.7 Å². The Labute approximate surface area is 164 Å². The molecule has 3 unspecified atom stereocenters. The number of rotatable bonds is 14. The van der Waals surface area contributed by atoms with Crippen LogP contribution >= 0.6 is 23.4 Å². The molecule has 0 saturated carbocycles. The fraction of sp³-hybridized carbons (Fsp3) is 0.769. The van der Waals surface area contributed by atoms with Crippen LogP contribution in [0.5, 0.6) is 0 Å². The maximum atomic E-state index is 12.8. The van der Waals surface area contributed by atoms with Crippen LogP contribution in [0.4, 0.5) is 0 Å². The fourth-order valence-corrected chi connectivity index (χ4v) is 6.80. The second-order valence-electron chi connectivity index (χ2n) is 5.48. The summed E-state index contributed by atoms with van der Waals surface area (Å²) < 4.78 is 73.9. The first kappa shape index (κ1) is 25.7. The summed E-state index contributed by atoms with van der Waals surface area (Å²) in [7, 11) is -10.3. The number of phosphoric ester groups is 1. The zero-order chi connectivity index (χ0) is 21.4. The first-order chi connectivity index (χ1) is 13.0. The number of aromatic nitrogens is 2. The summed E-state index contributed by atoms with van der Waals surface area (Å²) in [6, 6.07) is 0. The van der Waals surface area contributed by atoms with Gasteiger partial charge in [-0.2, -0.15) is 8.62 Å². The lowest BCUT2D eigenvalue weighted by atomic mass is 10.3. The molecule has 0 bridgehead atoms. The van der Waals surface area contributed by atoms with E-state index in [1.165, 1.54) is 12.4 Å². The molecule has 0 radical (unpaired) electrons. The Morgan fingerprint density at radius 1 is 0.964 bits per heavy atom. The van der Waals surface area contributed by atoms with E-state index in [0.717, 1.165) is 38.4 Å². The molecule has 164 valence electrons. The largest absolute Gasteiger partial charge is 0.492 e. The topological polar surface area (TPSA) is 134 Å². The molecule has 15 heteroatoms. The summed E-state index contributed by atoms with van der Waals surface area (Å²) >= 11 is 0. The number of nitrogens with zero attached hydrogens (tertiary/aromatic N) is 2. The Morgan fingerprint density at radius 2 is 1.61 bits per heavy atom. The first-order valence-corrected chi connectivity index (χ1v) is 12.7. The number of imidazole rings is 1.